The Labute approximate surface area is 125 Å². The van der Waals surface area contributed by atoms with Gasteiger partial charge in [0.05, 0.1) is 0 Å². The van der Waals surface area contributed by atoms with Crippen molar-refractivity contribution in [3.05, 3.63) is 28.8 Å². The first-order valence-electron chi connectivity index (χ1n) is 6.86. The Kier molecular flexibility index (Phi) is 6.52. The lowest BCUT2D eigenvalue weighted by Gasteiger charge is -2.21. The molecule has 0 saturated carbocycles. The van der Waals surface area contributed by atoms with Gasteiger partial charge in [0.25, 0.3) is 0 Å². The number of rotatable bonds is 5. The van der Waals surface area contributed by atoms with Crippen molar-refractivity contribution in [1.29, 1.82) is 0 Å². The van der Waals surface area contributed by atoms with Crippen LogP contribution in [-0.4, -0.2) is 29.8 Å². The summed E-state index contributed by atoms with van der Waals surface area (Å²) in [5.74, 6) is -1.11. The fraction of sp³-hybridized carbons (Fsp3) is 0.467. The van der Waals surface area contributed by atoms with Gasteiger partial charge in [-0.1, -0.05) is 31.5 Å². The molecule has 0 spiro atoms. The number of benzene rings is 1. The van der Waals surface area contributed by atoms with E-state index >= 15 is 0 Å². The molecule has 0 fully saturated rings. The summed E-state index contributed by atoms with van der Waals surface area (Å²) < 4.78 is 0. The van der Waals surface area contributed by atoms with E-state index in [9.17, 15) is 9.59 Å². The van der Waals surface area contributed by atoms with Crippen LogP contribution in [0.4, 0.5) is 5.69 Å². The van der Waals surface area contributed by atoms with E-state index in [0.29, 0.717) is 23.8 Å². The molecule has 4 nitrogen and oxygen atoms in total. The van der Waals surface area contributed by atoms with E-state index in [1.165, 1.54) is 0 Å². The van der Waals surface area contributed by atoms with Crippen LogP contribution in [-0.2, 0) is 9.59 Å². The molecular formula is C15H21ClN2O2. The largest absolute Gasteiger partial charge is 0.334 e. The minimum atomic E-state index is -0.614. The number of carbonyl (C=O) groups is 2. The average molecular weight is 297 g/mol. The zero-order chi connectivity index (χ0) is 15.1. The number of hydrogen-bond donors (Lipinski definition) is 1. The van der Waals surface area contributed by atoms with Crippen LogP contribution in [0.15, 0.2) is 18.2 Å². The van der Waals surface area contributed by atoms with Gasteiger partial charge < -0.3 is 10.2 Å². The number of nitrogens with one attached hydrogen (secondary N) is 1. The molecule has 0 radical (unpaired) electrons. The molecule has 110 valence electrons. The summed E-state index contributed by atoms with van der Waals surface area (Å²) in [5.41, 5.74) is 1.33. The second-order valence-electron chi connectivity index (χ2n) is 4.66. The van der Waals surface area contributed by atoms with Gasteiger partial charge in [0.1, 0.15) is 0 Å². The fourth-order valence-corrected chi connectivity index (χ4v) is 2.09. The molecule has 0 unspecified atom stereocenters. The van der Waals surface area contributed by atoms with E-state index in [1.807, 2.05) is 13.8 Å². The fourth-order valence-electron chi connectivity index (χ4n) is 1.92. The molecule has 0 bridgehead atoms. The third kappa shape index (κ3) is 4.23. The zero-order valence-corrected chi connectivity index (χ0v) is 13.0. The second-order valence-corrected chi connectivity index (χ2v) is 5.07. The third-order valence-electron chi connectivity index (χ3n) is 2.98. The molecule has 2 amide bonds. The van der Waals surface area contributed by atoms with Gasteiger partial charge in [0, 0.05) is 23.8 Å². The lowest BCUT2D eigenvalue weighted by atomic mass is 10.2. The maximum Gasteiger partial charge on any atom is 0.313 e. The van der Waals surface area contributed by atoms with Crippen molar-refractivity contribution >= 4 is 29.1 Å². The molecule has 0 atom stereocenters. The Balaban J connectivity index is 2.79. The summed E-state index contributed by atoms with van der Waals surface area (Å²) in [6, 6.07) is 5.22. The third-order valence-corrected chi connectivity index (χ3v) is 3.39. The highest BCUT2D eigenvalue weighted by molar-refractivity contribution is 6.40. The van der Waals surface area contributed by atoms with Crippen LogP contribution in [0.25, 0.3) is 0 Å². The van der Waals surface area contributed by atoms with Crippen LogP contribution < -0.4 is 5.32 Å². The van der Waals surface area contributed by atoms with Gasteiger partial charge in [0.15, 0.2) is 0 Å². The highest BCUT2D eigenvalue weighted by Gasteiger charge is 2.21. The van der Waals surface area contributed by atoms with Crippen LogP contribution in [0, 0.1) is 6.92 Å². The Morgan fingerprint density at radius 2 is 1.80 bits per heavy atom. The van der Waals surface area contributed by atoms with E-state index in [-0.39, 0.29) is 0 Å². The molecule has 20 heavy (non-hydrogen) atoms. The van der Waals surface area contributed by atoms with Gasteiger partial charge in [-0.05, 0) is 37.5 Å². The number of anilines is 1. The Morgan fingerprint density at radius 1 is 1.20 bits per heavy atom. The molecule has 0 aromatic heterocycles. The molecule has 1 rings (SSSR count). The Morgan fingerprint density at radius 3 is 2.35 bits per heavy atom. The SMILES string of the molecule is CCCN(CCC)C(=O)C(=O)Nc1cccc(Cl)c1C. The van der Waals surface area contributed by atoms with E-state index in [2.05, 4.69) is 5.32 Å². The Hall–Kier alpha value is -1.55. The molecular weight excluding hydrogens is 276 g/mol. The first kappa shape index (κ1) is 16.5. The van der Waals surface area contributed by atoms with E-state index < -0.39 is 11.8 Å². The molecule has 1 N–H and O–H groups in total. The summed E-state index contributed by atoms with van der Waals surface area (Å²) in [6.45, 7) is 6.95. The van der Waals surface area contributed by atoms with Crippen molar-refractivity contribution in [1.82, 2.24) is 4.90 Å². The van der Waals surface area contributed by atoms with Crippen molar-refractivity contribution < 1.29 is 9.59 Å². The van der Waals surface area contributed by atoms with Crippen molar-refractivity contribution in [2.45, 2.75) is 33.6 Å². The quantitative estimate of drug-likeness (QED) is 0.848. The number of carbonyl (C=O) groups excluding carboxylic acids is 2. The van der Waals surface area contributed by atoms with Crippen molar-refractivity contribution in [3.8, 4) is 0 Å². The summed E-state index contributed by atoms with van der Waals surface area (Å²) in [6.07, 6.45) is 1.66. The first-order valence-corrected chi connectivity index (χ1v) is 7.24. The summed E-state index contributed by atoms with van der Waals surface area (Å²) in [5, 5.41) is 3.20. The standard InChI is InChI=1S/C15H21ClN2O2/c1-4-9-18(10-5-2)15(20)14(19)17-13-8-6-7-12(16)11(13)3/h6-8H,4-5,9-10H2,1-3H3,(H,17,19). The minimum absolute atomic E-state index is 0.493. The average Bonchev–Trinajstić information content (AvgIpc) is 2.42. The van der Waals surface area contributed by atoms with E-state index in [4.69, 9.17) is 11.6 Å². The van der Waals surface area contributed by atoms with Crippen molar-refractivity contribution in [3.63, 3.8) is 0 Å². The molecule has 0 aliphatic heterocycles. The maximum atomic E-state index is 12.1. The molecule has 1 aromatic rings. The number of amides is 2. The summed E-state index contributed by atoms with van der Waals surface area (Å²) >= 11 is 5.99. The van der Waals surface area contributed by atoms with Gasteiger partial charge in [-0.3, -0.25) is 9.59 Å². The first-order chi connectivity index (χ1) is 9.51. The predicted molar refractivity (Wildman–Crippen MR) is 82.0 cm³/mol. The van der Waals surface area contributed by atoms with E-state index in [0.717, 1.165) is 18.4 Å². The summed E-state index contributed by atoms with van der Waals surface area (Å²) in [4.78, 5) is 25.7. The van der Waals surface area contributed by atoms with E-state index in [1.54, 1.807) is 30.0 Å². The highest BCUT2D eigenvalue weighted by atomic mass is 35.5. The van der Waals surface area contributed by atoms with Gasteiger partial charge in [0.2, 0.25) is 0 Å². The smallest absolute Gasteiger partial charge is 0.313 e. The van der Waals surface area contributed by atoms with Crippen LogP contribution in [0.2, 0.25) is 5.02 Å². The number of halogens is 1. The maximum absolute atomic E-state index is 12.1. The summed E-state index contributed by atoms with van der Waals surface area (Å²) in [7, 11) is 0. The van der Waals surface area contributed by atoms with Crippen LogP contribution >= 0.6 is 11.6 Å². The second kappa shape index (κ2) is 7.90. The van der Waals surface area contributed by atoms with Crippen molar-refractivity contribution in [2.24, 2.45) is 0 Å². The molecule has 0 heterocycles. The van der Waals surface area contributed by atoms with Gasteiger partial charge >= 0.3 is 11.8 Å². The van der Waals surface area contributed by atoms with Crippen LogP contribution in [0.1, 0.15) is 32.3 Å². The molecule has 1 aromatic carbocycles. The van der Waals surface area contributed by atoms with Gasteiger partial charge in [-0.2, -0.15) is 0 Å². The zero-order valence-electron chi connectivity index (χ0n) is 12.2. The molecule has 5 heteroatoms. The van der Waals surface area contributed by atoms with Crippen molar-refractivity contribution in [2.75, 3.05) is 18.4 Å². The van der Waals surface area contributed by atoms with Crippen LogP contribution in [0.5, 0.6) is 0 Å². The lowest BCUT2D eigenvalue weighted by Crippen LogP contribution is -2.40. The minimum Gasteiger partial charge on any atom is -0.334 e. The number of hydrogen-bond acceptors (Lipinski definition) is 2. The monoisotopic (exact) mass is 296 g/mol. The van der Waals surface area contributed by atoms with Gasteiger partial charge in [-0.25, -0.2) is 0 Å². The normalized spacial score (nSPS) is 10.2. The topological polar surface area (TPSA) is 49.4 Å². The number of nitrogens with zero attached hydrogens (tertiary/aromatic N) is 1. The highest BCUT2D eigenvalue weighted by Crippen LogP contribution is 2.22. The Bertz CT molecular complexity index is 483. The van der Waals surface area contributed by atoms with Crippen LogP contribution in [0.3, 0.4) is 0 Å². The molecule has 0 saturated heterocycles. The molecule has 0 aliphatic carbocycles. The van der Waals surface area contributed by atoms with Gasteiger partial charge in [-0.15, -0.1) is 0 Å². The molecule has 0 aliphatic rings. The lowest BCUT2D eigenvalue weighted by molar-refractivity contribution is -0.143. The predicted octanol–water partition coefficient (Wildman–Crippen LogP) is 3.24.